The van der Waals surface area contributed by atoms with Gasteiger partial charge in [-0.1, -0.05) is 119 Å². The van der Waals surface area contributed by atoms with Crippen LogP contribution in [0, 0.1) is 23.2 Å². The summed E-state index contributed by atoms with van der Waals surface area (Å²) in [4.78, 5) is 13.2. The highest BCUT2D eigenvalue weighted by Gasteiger charge is 2.35. The number of carbonyl (C=O) groups excluding carboxylic acids is 1. The first-order valence-corrected chi connectivity index (χ1v) is 13.5. The largest absolute Gasteiger partial charge is 0.355 e. The van der Waals surface area contributed by atoms with Gasteiger partial charge in [-0.2, -0.15) is 5.26 Å². The molecule has 1 amide bonds. The average Bonchev–Trinajstić information content (AvgIpc) is 2.92. The lowest BCUT2D eigenvalue weighted by Gasteiger charge is -2.31. The van der Waals surface area contributed by atoms with Gasteiger partial charge in [0.15, 0.2) is 0 Å². The Morgan fingerprint density at radius 3 is 1.81 bits per heavy atom. The maximum atomic E-state index is 13.2. The summed E-state index contributed by atoms with van der Waals surface area (Å²) in [7, 11) is 0. The van der Waals surface area contributed by atoms with Crippen molar-refractivity contribution in [2.45, 2.75) is 57.9 Å². The summed E-state index contributed by atoms with van der Waals surface area (Å²) in [6, 6.07) is 33.2. The summed E-state index contributed by atoms with van der Waals surface area (Å²) in [6.45, 7) is 9.57. The number of nitrogens with zero attached hydrogens (tertiary/aromatic N) is 1. The second-order valence-electron chi connectivity index (χ2n) is 10.5. The van der Waals surface area contributed by atoms with E-state index in [-0.39, 0.29) is 29.7 Å². The monoisotopic (exact) mass is 495 g/mol. The molecule has 0 bridgehead atoms. The molecular weight excluding hydrogens is 454 g/mol. The van der Waals surface area contributed by atoms with Crippen LogP contribution in [0.5, 0.6) is 0 Å². The number of nitrogens with one attached hydrogen (secondary N) is 2. The molecule has 0 aliphatic heterocycles. The molecule has 3 rings (SSSR count). The number of rotatable bonds is 13. The van der Waals surface area contributed by atoms with Crippen molar-refractivity contribution in [1.29, 1.82) is 5.26 Å². The van der Waals surface area contributed by atoms with Crippen molar-refractivity contribution in [2.75, 3.05) is 13.1 Å². The third kappa shape index (κ3) is 7.31. The number of carbonyl (C=O) groups is 1. The molecule has 1 unspecified atom stereocenters. The van der Waals surface area contributed by atoms with Gasteiger partial charge in [-0.25, -0.2) is 0 Å². The lowest BCUT2D eigenvalue weighted by Crippen LogP contribution is -2.49. The number of amides is 1. The van der Waals surface area contributed by atoms with Gasteiger partial charge in [0.25, 0.3) is 0 Å². The van der Waals surface area contributed by atoms with Gasteiger partial charge >= 0.3 is 0 Å². The quantitative estimate of drug-likeness (QED) is 0.268. The van der Waals surface area contributed by atoms with E-state index in [0.717, 1.165) is 12.0 Å². The molecule has 0 radical (unpaired) electrons. The molecule has 194 valence electrons. The maximum absolute atomic E-state index is 13.2. The fourth-order valence-electron chi connectivity index (χ4n) is 5.12. The van der Waals surface area contributed by atoms with Crippen LogP contribution in [0.1, 0.15) is 63.1 Å². The second kappa shape index (κ2) is 13.8. The molecule has 0 fully saturated rings. The van der Waals surface area contributed by atoms with Crippen molar-refractivity contribution < 1.29 is 4.79 Å². The maximum Gasteiger partial charge on any atom is 0.237 e. The Bertz CT molecular complexity index is 1080. The fourth-order valence-corrected chi connectivity index (χ4v) is 5.12. The number of nitriles is 1. The molecule has 2 N–H and O–H groups in total. The van der Waals surface area contributed by atoms with Gasteiger partial charge in [0.05, 0.1) is 17.5 Å². The predicted molar refractivity (Wildman–Crippen MR) is 152 cm³/mol. The Kier molecular flexibility index (Phi) is 10.5. The molecular formula is C33H41N3O. The van der Waals surface area contributed by atoms with E-state index in [0.29, 0.717) is 19.5 Å². The van der Waals surface area contributed by atoms with E-state index in [4.69, 9.17) is 0 Å². The standard InChI is InChI=1S/C33H41N3O/c1-25(2)31(36-23-30(27-15-8-5-9-16-27)28-17-10-6-11-18-28)32(37)35-22-14-21-33(24-34,26(3)4)29-19-12-7-13-20-29/h5-13,15-20,25-26,30-31,36H,14,21-23H2,1-4H3,(H,35,37)/t31-,33?/m0/s1. The summed E-state index contributed by atoms with van der Waals surface area (Å²) in [5.74, 6) is 0.491. The van der Waals surface area contributed by atoms with E-state index in [9.17, 15) is 10.1 Å². The molecule has 0 saturated carbocycles. The summed E-state index contributed by atoms with van der Waals surface area (Å²) >= 11 is 0. The summed E-state index contributed by atoms with van der Waals surface area (Å²) in [6.07, 6.45) is 1.45. The zero-order valence-corrected chi connectivity index (χ0v) is 22.7. The van der Waals surface area contributed by atoms with Crippen LogP contribution in [0.3, 0.4) is 0 Å². The van der Waals surface area contributed by atoms with E-state index in [1.165, 1.54) is 11.1 Å². The van der Waals surface area contributed by atoms with Crippen LogP contribution in [0.4, 0.5) is 0 Å². The first-order valence-electron chi connectivity index (χ1n) is 13.5. The molecule has 2 atom stereocenters. The Hall–Kier alpha value is -3.42. The Morgan fingerprint density at radius 2 is 1.35 bits per heavy atom. The van der Waals surface area contributed by atoms with Gasteiger partial charge in [0.1, 0.15) is 0 Å². The van der Waals surface area contributed by atoms with Crippen molar-refractivity contribution in [3.63, 3.8) is 0 Å². The van der Waals surface area contributed by atoms with Crippen LogP contribution < -0.4 is 10.6 Å². The molecule has 4 nitrogen and oxygen atoms in total. The van der Waals surface area contributed by atoms with Crippen LogP contribution >= 0.6 is 0 Å². The van der Waals surface area contributed by atoms with Gasteiger partial charge in [0, 0.05) is 19.0 Å². The van der Waals surface area contributed by atoms with Crippen LogP contribution in [0.2, 0.25) is 0 Å². The van der Waals surface area contributed by atoms with Crippen molar-refractivity contribution in [2.24, 2.45) is 11.8 Å². The highest BCUT2D eigenvalue weighted by Crippen LogP contribution is 2.36. The van der Waals surface area contributed by atoms with Crippen LogP contribution in [0.25, 0.3) is 0 Å². The summed E-state index contributed by atoms with van der Waals surface area (Å²) in [5, 5.41) is 16.8. The van der Waals surface area contributed by atoms with Gasteiger partial charge in [-0.3, -0.25) is 4.79 Å². The van der Waals surface area contributed by atoms with Crippen molar-refractivity contribution in [1.82, 2.24) is 10.6 Å². The summed E-state index contributed by atoms with van der Waals surface area (Å²) < 4.78 is 0. The third-order valence-corrected chi connectivity index (χ3v) is 7.42. The van der Waals surface area contributed by atoms with E-state index in [1.807, 2.05) is 42.5 Å². The van der Waals surface area contributed by atoms with Gasteiger partial charge < -0.3 is 10.6 Å². The number of hydrogen-bond acceptors (Lipinski definition) is 3. The molecule has 0 heterocycles. The highest BCUT2D eigenvalue weighted by atomic mass is 16.2. The van der Waals surface area contributed by atoms with Gasteiger partial charge in [0.2, 0.25) is 5.91 Å². The summed E-state index contributed by atoms with van der Waals surface area (Å²) in [5.41, 5.74) is 2.95. The second-order valence-corrected chi connectivity index (χ2v) is 10.5. The van der Waals surface area contributed by atoms with Crippen molar-refractivity contribution >= 4 is 5.91 Å². The molecule has 0 aromatic heterocycles. The Balaban J connectivity index is 1.62. The highest BCUT2D eigenvalue weighted by molar-refractivity contribution is 5.82. The van der Waals surface area contributed by atoms with E-state index < -0.39 is 5.41 Å². The normalized spacial score (nSPS) is 13.8. The third-order valence-electron chi connectivity index (χ3n) is 7.42. The first-order chi connectivity index (χ1) is 17.9. The lowest BCUT2D eigenvalue weighted by molar-refractivity contribution is -0.124. The van der Waals surface area contributed by atoms with Gasteiger partial charge in [-0.15, -0.1) is 0 Å². The topological polar surface area (TPSA) is 64.9 Å². The average molecular weight is 496 g/mol. The smallest absolute Gasteiger partial charge is 0.237 e. The minimum atomic E-state index is -0.555. The molecule has 0 spiro atoms. The van der Waals surface area contributed by atoms with Crippen LogP contribution in [0.15, 0.2) is 91.0 Å². The molecule has 3 aromatic carbocycles. The number of hydrogen-bond donors (Lipinski definition) is 2. The lowest BCUT2D eigenvalue weighted by atomic mass is 9.70. The van der Waals surface area contributed by atoms with Crippen molar-refractivity contribution in [3.8, 4) is 6.07 Å². The molecule has 0 saturated heterocycles. The molecule has 0 aliphatic carbocycles. The number of benzene rings is 3. The van der Waals surface area contributed by atoms with E-state index in [1.54, 1.807) is 0 Å². The van der Waals surface area contributed by atoms with E-state index in [2.05, 4.69) is 92.9 Å². The van der Waals surface area contributed by atoms with Crippen LogP contribution in [-0.2, 0) is 10.2 Å². The minimum absolute atomic E-state index is 0.0155. The molecule has 4 heteroatoms. The Labute approximate surface area is 223 Å². The SMILES string of the molecule is CC(C)[C@H](NCC(c1ccccc1)c1ccccc1)C(=O)NCCCC(C#N)(c1ccccc1)C(C)C. The van der Waals surface area contributed by atoms with Gasteiger partial charge in [-0.05, 0) is 41.4 Å². The van der Waals surface area contributed by atoms with Crippen LogP contribution in [-0.4, -0.2) is 25.0 Å². The zero-order valence-electron chi connectivity index (χ0n) is 22.7. The molecule has 0 aliphatic rings. The Morgan fingerprint density at radius 1 is 0.838 bits per heavy atom. The molecule has 37 heavy (non-hydrogen) atoms. The zero-order chi connectivity index (χ0) is 26.7. The van der Waals surface area contributed by atoms with E-state index >= 15 is 0 Å². The fraction of sp³-hybridized carbons (Fsp3) is 0.394. The minimum Gasteiger partial charge on any atom is -0.355 e. The predicted octanol–water partition coefficient (Wildman–Crippen LogP) is 6.45. The molecule has 3 aromatic rings. The first kappa shape index (κ1) is 28.2. The van der Waals surface area contributed by atoms with Crippen molar-refractivity contribution in [3.05, 3.63) is 108 Å².